The Morgan fingerprint density at radius 3 is 2.61 bits per heavy atom. The predicted molar refractivity (Wildman–Crippen MR) is 87.9 cm³/mol. The van der Waals surface area contributed by atoms with Crippen LogP contribution in [0, 0.1) is 0 Å². The maximum Gasteiger partial charge on any atom is 0.410 e. The number of piperidine rings is 1. The predicted octanol–water partition coefficient (Wildman–Crippen LogP) is 0.990. The SMILES string of the molecule is CC(CC1CCCCN1C(=O)OC(C)(C)C)NCC(O)C(N)=O. The number of carbonyl (C=O) groups is 2. The molecule has 134 valence electrons. The summed E-state index contributed by atoms with van der Waals surface area (Å²) in [5, 5.41) is 12.5. The molecule has 1 fully saturated rings. The molecule has 1 aliphatic heterocycles. The Morgan fingerprint density at radius 2 is 2.04 bits per heavy atom. The van der Waals surface area contributed by atoms with Gasteiger partial charge in [0.25, 0.3) is 0 Å². The fraction of sp³-hybridized carbons (Fsp3) is 0.875. The molecule has 0 aliphatic carbocycles. The summed E-state index contributed by atoms with van der Waals surface area (Å²) in [5.41, 5.74) is 4.52. The lowest BCUT2D eigenvalue weighted by Gasteiger charge is -2.38. The Morgan fingerprint density at radius 1 is 1.39 bits per heavy atom. The molecule has 23 heavy (non-hydrogen) atoms. The van der Waals surface area contributed by atoms with Crippen molar-refractivity contribution in [1.29, 1.82) is 0 Å². The highest BCUT2D eigenvalue weighted by Gasteiger charge is 2.31. The van der Waals surface area contributed by atoms with Gasteiger partial charge in [-0.2, -0.15) is 0 Å². The molecule has 0 spiro atoms. The summed E-state index contributed by atoms with van der Waals surface area (Å²) in [7, 11) is 0. The average Bonchev–Trinajstić information content (AvgIpc) is 2.43. The molecule has 0 aromatic rings. The molecule has 7 heteroatoms. The quantitative estimate of drug-likeness (QED) is 0.674. The molecular formula is C16H31N3O4. The van der Waals surface area contributed by atoms with Crippen LogP contribution < -0.4 is 11.1 Å². The van der Waals surface area contributed by atoms with Crippen molar-refractivity contribution >= 4 is 12.0 Å². The minimum absolute atomic E-state index is 0.0528. The highest BCUT2D eigenvalue weighted by molar-refractivity contribution is 5.78. The molecular weight excluding hydrogens is 298 g/mol. The van der Waals surface area contributed by atoms with Gasteiger partial charge in [0.1, 0.15) is 11.7 Å². The molecule has 4 N–H and O–H groups in total. The third-order valence-electron chi connectivity index (χ3n) is 3.87. The van der Waals surface area contributed by atoms with Gasteiger partial charge in [-0.1, -0.05) is 0 Å². The van der Waals surface area contributed by atoms with Gasteiger partial charge in [0.2, 0.25) is 5.91 Å². The van der Waals surface area contributed by atoms with E-state index in [0.29, 0.717) is 6.54 Å². The van der Waals surface area contributed by atoms with E-state index >= 15 is 0 Å². The number of nitrogens with zero attached hydrogens (tertiary/aromatic N) is 1. The second-order valence-electron chi connectivity index (χ2n) is 7.29. The largest absolute Gasteiger partial charge is 0.444 e. The topological polar surface area (TPSA) is 105 Å². The van der Waals surface area contributed by atoms with Crippen LogP contribution in [0.4, 0.5) is 4.79 Å². The monoisotopic (exact) mass is 329 g/mol. The second-order valence-corrected chi connectivity index (χ2v) is 7.29. The van der Waals surface area contributed by atoms with E-state index in [-0.39, 0.29) is 24.7 Å². The standard InChI is InChI=1S/C16H31N3O4/c1-11(18-10-13(20)14(17)21)9-12-7-5-6-8-19(12)15(22)23-16(2,3)4/h11-13,18,20H,5-10H2,1-4H3,(H2,17,21). The third-order valence-corrected chi connectivity index (χ3v) is 3.87. The number of nitrogens with one attached hydrogen (secondary N) is 1. The zero-order valence-electron chi connectivity index (χ0n) is 14.7. The molecule has 1 heterocycles. The van der Waals surface area contributed by atoms with Crippen LogP contribution in [0.1, 0.15) is 53.4 Å². The fourth-order valence-corrected chi connectivity index (χ4v) is 2.71. The maximum atomic E-state index is 12.3. The number of hydrogen-bond acceptors (Lipinski definition) is 5. The van der Waals surface area contributed by atoms with E-state index in [9.17, 15) is 14.7 Å². The Bertz CT molecular complexity index is 409. The van der Waals surface area contributed by atoms with Crippen molar-refractivity contribution < 1.29 is 19.4 Å². The molecule has 1 aliphatic rings. The molecule has 1 saturated heterocycles. The zero-order chi connectivity index (χ0) is 17.6. The lowest BCUT2D eigenvalue weighted by Crippen LogP contribution is -2.49. The van der Waals surface area contributed by atoms with Gasteiger partial charge in [0.05, 0.1) is 0 Å². The van der Waals surface area contributed by atoms with E-state index in [1.807, 2.05) is 27.7 Å². The number of nitrogens with two attached hydrogens (primary N) is 1. The van der Waals surface area contributed by atoms with Crippen molar-refractivity contribution in [2.75, 3.05) is 13.1 Å². The number of aliphatic hydroxyl groups is 1. The minimum Gasteiger partial charge on any atom is -0.444 e. The van der Waals surface area contributed by atoms with Crippen LogP contribution >= 0.6 is 0 Å². The first kappa shape index (κ1) is 19.7. The van der Waals surface area contributed by atoms with Gasteiger partial charge >= 0.3 is 6.09 Å². The smallest absolute Gasteiger partial charge is 0.410 e. The molecule has 0 aromatic heterocycles. The van der Waals surface area contributed by atoms with Gasteiger partial charge in [0, 0.05) is 25.2 Å². The van der Waals surface area contributed by atoms with Crippen LogP contribution in [-0.2, 0) is 9.53 Å². The van der Waals surface area contributed by atoms with E-state index < -0.39 is 17.6 Å². The summed E-state index contributed by atoms with van der Waals surface area (Å²) < 4.78 is 5.48. The number of rotatable bonds is 6. The lowest BCUT2D eigenvalue weighted by atomic mass is 9.96. The molecule has 0 bridgehead atoms. The van der Waals surface area contributed by atoms with Crippen LogP contribution in [-0.4, -0.2) is 58.9 Å². The highest BCUT2D eigenvalue weighted by Crippen LogP contribution is 2.23. The highest BCUT2D eigenvalue weighted by atomic mass is 16.6. The Kier molecular flexibility index (Phi) is 7.28. The van der Waals surface area contributed by atoms with Gasteiger partial charge in [-0.15, -0.1) is 0 Å². The molecule has 0 aromatic carbocycles. The Hall–Kier alpha value is -1.34. The Balaban J connectivity index is 2.54. The van der Waals surface area contributed by atoms with Crippen LogP contribution in [0.25, 0.3) is 0 Å². The van der Waals surface area contributed by atoms with Gasteiger partial charge in [0.15, 0.2) is 0 Å². The van der Waals surface area contributed by atoms with Crippen LogP contribution in [0.5, 0.6) is 0 Å². The Labute approximate surface area is 138 Å². The van der Waals surface area contributed by atoms with Crippen LogP contribution in [0.3, 0.4) is 0 Å². The summed E-state index contributed by atoms with van der Waals surface area (Å²) in [5.74, 6) is -0.738. The first-order valence-corrected chi connectivity index (χ1v) is 8.30. The molecule has 3 unspecified atom stereocenters. The van der Waals surface area contributed by atoms with Crippen molar-refractivity contribution in [3.63, 3.8) is 0 Å². The zero-order valence-corrected chi connectivity index (χ0v) is 14.7. The van der Waals surface area contributed by atoms with Crippen molar-refractivity contribution in [3.8, 4) is 0 Å². The van der Waals surface area contributed by atoms with E-state index in [4.69, 9.17) is 10.5 Å². The molecule has 1 rings (SSSR count). The second kappa shape index (κ2) is 8.49. The number of carbonyl (C=O) groups excluding carboxylic acids is 2. The summed E-state index contributed by atoms with van der Waals surface area (Å²) in [6.07, 6.45) is 2.28. The number of ether oxygens (including phenoxy) is 1. The number of primary amides is 1. The number of aliphatic hydroxyl groups excluding tert-OH is 1. The third kappa shape index (κ3) is 7.18. The maximum absolute atomic E-state index is 12.3. The van der Waals surface area contributed by atoms with Gasteiger partial charge in [-0.3, -0.25) is 4.79 Å². The summed E-state index contributed by atoms with van der Waals surface area (Å²) in [4.78, 5) is 25.0. The van der Waals surface area contributed by atoms with E-state index in [2.05, 4.69) is 5.32 Å². The van der Waals surface area contributed by atoms with Gasteiger partial charge in [-0.05, 0) is 53.4 Å². The number of likely N-dealkylation sites (tertiary alicyclic amines) is 1. The van der Waals surface area contributed by atoms with Crippen molar-refractivity contribution in [2.24, 2.45) is 5.73 Å². The summed E-state index contributed by atoms with van der Waals surface area (Å²) in [6.45, 7) is 8.37. The number of amides is 2. The molecule has 3 atom stereocenters. The molecule has 0 saturated carbocycles. The summed E-state index contributed by atoms with van der Waals surface area (Å²) >= 11 is 0. The molecule has 7 nitrogen and oxygen atoms in total. The van der Waals surface area contributed by atoms with E-state index in [0.717, 1.165) is 25.7 Å². The van der Waals surface area contributed by atoms with Crippen LogP contribution in [0.2, 0.25) is 0 Å². The van der Waals surface area contributed by atoms with Crippen molar-refractivity contribution in [1.82, 2.24) is 10.2 Å². The van der Waals surface area contributed by atoms with Crippen molar-refractivity contribution in [3.05, 3.63) is 0 Å². The molecule has 2 amide bonds. The lowest BCUT2D eigenvalue weighted by molar-refractivity contribution is -0.125. The summed E-state index contributed by atoms with van der Waals surface area (Å²) in [6, 6.07) is 0.156. The first-order valence-electron chi connectivity index (χ1n) is 8.30. The van der Waals surface area contributed by atoms with Crippen molar-refractivity contribution in [2.45, 2.75) is 77.2 Å². The fourth-order valence-electron chi connectivity index (χ4n) is 2.71. The van der Waals surface area contributed by atoms with Crippen LogP contribution in [0.15, 0.2) is 0 Å². The first-order chi connectivity index (χ1) is 10.6. The van der Waals surface area contributed by atoms with Gasteiger partial charge in [-0.25, -0.2) is 4.79 Å². The van der Waals surface area contributed by atoms with Gasteiger partial charge < -0.3 is 25.8 Å². The minimum atomic E-state index is -1.19. The molecule has 0 radical (unpaired) electrons. The average molecular weight is 329 g/mol. The van der Waals surface area contributed by atoms with E-state index in [1.165, 1.54) is 0 Å². The normalized spacial score (nSPS) is 21.6. The van der Waals surface area contributed by atoms with E-state index in [1.54, 1.807) is 4.90 Å². The number of hydrogen-bond donors (Lipinski definition) is 3.